The number of rotatable bonds is 8. The highest BCUT2D eigenvalue weighted by molar-refractivity contribution is 7.90. The number of carbonyl (C=O) groups is 2. The number of carboxylic acids is 1. The van der Waals surface area contributed by atoms with Gasteiger partial charge in [0.15, 0.2) is 9.84 Å². The number of nitrogens with one attached hydrogen (secondary N) is 1. The molecular weight excluding hydrogens is 536 g/mol. The highest BCUT2D eigenvalue weighted by atomic mass is 35.5. The maximum atomic E-state index is 11.5. The number of aliphatic carboxylic acids is 1. The van der Waals surface area contributed by atoms with Gasteiger partial charge in [-0.2, -0.15) is 8.42 Å². The largest absolute Gasteiger partial charge is 0.480 e. The molecule has 1 heterocycles. The number of hydrogen-bond donors (Lipinski definition) is 2. The summed E-state index contributed by atoms with van der Waals surface area (Å²) in [6.07, 6.45) is 2.93. The first-order valence-electron chi connectivity index (χ1n) is 10.6. The first kappa shape index (κ1) is 29.5. The van der Waals surface area contributed by atoms with Gasteiger partial charge < -0.3 is 14.6 Å². The lowest BCUT2D eigenvalue weighted by molar-refractivity contribution is -0.156. The summed E-state index contributed by atoms with van der Waals surface area (Å²) in [6.45, 7) is 0.572. The van der Waals surface area contributed by atoms with Gasteiger partial charge in [0.25, 0.3) is 0 Å². The molecule has 198 valence electrons. The molecule has 2 aromatic carbocycles. The SMILES string of the molecule is CS(=O)(=O)Oc1ccc(S(C)(=O)=O)cc1.O=C(O)[C@@H]1CC[C@@H](N(OCc2ccccc2)C(=O)Cl)CN1. The van der Waals surface area contributed by atoms with E-state index in [4.69, 9.17) is 21.5 Å². The Labute approximate surface area is 215 Å². The van der Waals surface area contributed by atoms with Crippen LogP contribution in [-0.2, 0) is 36.2 Å². The van der Waals surface area contributed by atoms with Crippen LogP contribution >= 0.6 is 11.6 Å². The highest BCUT2D eigenvalue weighted by Crippen LogP contribution is 2.18. The standard InChI is InChI=1S/C14H17ClN2O4.C8H10O5S2/c15-14(20)17(21-9-10-4-2-1-3-5-10)11-6-7-12(13(18)19)16-8-11;1-14(9,10)8-5-3-7(4-6-8)13-15(2,11)12/h1-5,11-12,16H,6-9H2,(H,18,19);3-6H,1-2H3/t11-,12+;/m1./s1. The summed E-state index contributed by atoms with van der Waals surface area (Å²) < 4.78 is 48.2. The summed E-state index contributed by atoms with van der Waals surface area (Å²) in [6, 6.07) is 13.7. The van der Waals surface area contributed by atoms with Crippen LogP contribution in [0.4, 0.5) is 4.79 Å². The van der Waals surface area contributed by atoms with E-state index in [0.717, 1.165) is 23.1 Å². The molecule has 14 heteroatoms. The lowest BCUT2D eigenvalue weighted by Crippen LogP contribution is -2.52. The predicted molar refractivity (Wildman–Crippen MR) is 132 cm³/mol. The van der Waals surface area contributed by atoms with Crippen LogP contribution < -0.4 is 9.50 Å². The van der Waals surface area contributed by atoms with Gasteiger partial charge in [-0.25, -0.2) is 13.5 Å². The summed E-state index contributed by atoms with van der Waals surface area (Å²) in [5.41, 5.74) is 0.924. The zero-order valence-corrected chi connectivity index (χ0v) is 21.9. The minimum atomic E-state index is -3.57. The third-order valence-corrected chi connectivity index (χ3v) is 6.69. The van der Waals surface area contributed by atoms with Crippen LogP contribution in [0.25, 0.3) is 0 Å². The van der Waals surface area contributed by atoms with Crippen molar-refractivity contribution in [1.29, 1.82) is 0 Å². The minimum Gasteiger partial charge on any atom is -0.480 e. The molecule has 2 aromatic rings. The molecule has 1 aliphatic rings. The number of benzene rings is 2. The fraction of sp³-hybridized carbons (Fsp3) is 0.364. The lowest BCUT2D eigenvalue weighted by atomic mass is 10.0. The van der Waals surface area contributed by atoms with E-state index >= 15 is 0 Å². The van der Waals surface area contributed by atoms with E-state index in [1.54, 1.807) is 0 Å². The smallest absolute Gasteiger partial charge is 0.340 e. The summed E-state index contributed by atoms with van der Waals surface area (Å²) in [5, 5.41) is 12.2. The summed E-state index contributed by atoms with van der Waals surface area (Å²) in [4.78, 5) is 28.0. The molecule has 0 radical (unpaired) electrons. The fourth-order valence-corrected chi connectivity index (χ4v) is 4.47. The molecule has 1 fully saturated rings. The summed E-state index contributed by atoms with van der Waals surface area (Å²) in [5.74, 6) is -0.799. The Morgan fingerprint density at radius 1 is 1.03 bits per heavy atom. The number of carboxylic acid groups (broad SMARTS) is 1. The number of amides is 1. The Kier molecular flexibility index (Phi) is 10.7. The van der Waals surface area contributed by atoms with Crippen molar-refractivity contribution < 1.29 is 40.6 Å². The van der Waals surface area contributed by atoms with Gasteiger partial charge in [-0.1, -0.05) is 30.3 Å². The maximum Gasteiger partial charge on any atom is 0.340 e. The third kappa shape index (κ3) is 10.1. The molecule has 1 saturated heterocycles. The van der Waals surface area contributed by atoms with Gasteiger partial charge in [-0.05, 0) is 54.3 Å². The van der Waals surface area contributed by atoms with Crippen LogP contribution in [0.5, 0.6) is 5.75 Å². The molecule has 3 rings (SSSR count). The van der Waals surface area contributed by atoms with Crippen molar-refractivity contribution in [1.82, 2.24) is 10.4 Å². The molecule has 0 saturated carbocycles. The van der Waals surface area contributed by atoms with Gasteiger partial charge in [-0.3, -0.25) is 14.4 Å². The van der Waals surface area contributed by atoms with Crippen molar-refractivity contribution in [2.45, 2.75) is 36.4 Å². The summed E-state index contributed by atoms with van der Waals surface area (Å²) in [7, 11) is -6.84. The normalized spacial score (nSPS) is 17.9. The number of halogens is 1. The number of sulfone groups is 1. The van der Waals surface area contributed by atoms with Crippen LogP contribution in [0.3, 0.4) is 0 Å². The molecule has 0 unspecified atom stereocenters. The first-order valence-corrected chi connectivity index (χ1v) is 14.7. The molecule has 2 atom stereocenters. The number of nitrogens with zero attached hydrogens (tertiary/aromatic N) is 1. The molecule has 1 amide bonds. The van der Waals surface area contributed by atoms with E-state index in [1.165, 1.54) is 24.3 Å². The molecule has 11 nitrogen and oxygen atoms in total. The van der Waals surface area contributed by atoms with E-state index in [2.05, 4.69) is 9.50 Å². The molecule has 0 spiro atoms. The molecule has 0 aliphatic carbocycles. The Bertz CT molecular complexity index is 1230. The molecule has 1 aliphatic heterocycles. The molecule has 0 bridgehead atoms. The highest BCUT2D eigenvalue weighted by Gasteiger charge is 2.31. The van der Waals surface area contributed by atoms with E-state index < -0.39 is 37.3 Å². The number of hydroxylamine groups is 2. The Morgan fingerprint density at radius 2 is 1.64 bits per heavy atom. The monoisotopic (exact) mass is 562 g/mol. The Balaban J connectivity index is 0.000000269. The predicted octanol–water partition coefficient (Wildman–Crippen LogP) is 2.41. The van der Waals surface area contributed by atoms with E-state index in [-0.39, 0.29) is 23.3 Å². The molecule has 36 heavy (non-hydrogen) atoms. The summed E-state index contributed by atoms with van der Waals surface area (Å²) >= 11 is 5.56. The van der Waals surface area contributed by atoms with Crippen LogP contribution in [0.2, 0.25) is 0 Å². The van der Waals surface area contributed by atoms with Gasteiger partial charge in [0.1, 0.15) is 18.4 Å². The number of hydrogen-bond acceptors (Lipinski definition) is 9. The topological polar surface area (TPSA) is 156 Å². The van der Waals surface area contributed by atoms with Crippen molar-refractivity contribution in [2.75, 3.05) is 19.1 Å². The van der Waals surface area contributed by atoms with Crippen molar-refractivity contribution in [3.05, 3.63) is 60.2 Å². The van der Waals surface area contributed by atoms with E-state index in [0.29, 0.717) is 19.4 Å². The lowest BCUT2D eigenvalue weighted by Gasteiger charge is -2.34. The Morgan fingerprint density at radius 3 is 2.08 bits per heavy atom. The average molecular weight is 563 g/mol. The second-order valence-electron chi connectivity index (χ2n) is 7.90. The van der Waals surface area contributed by atoms with Crippen molar-refractivity contribution in [3.63, 3.8) is 0 Å². The zero-order chi connectivity index (χ0) is 26.9. The molecule has 2 N–H and O–H groups in total. The van der Waals surface area contributed by atoms with Gasteiger partial charge >= 0.3 is 21.5 Å². The Hall–Kier alpha value is -2.71. The van der Waals surface area contributed by atoms with Gasteiger partial charge in [0.05, 0.1) is 17.2 Å². The number of piperidine rings is 1. The van der Waals surface area contributed by atoms with Crippen LogP contribution in [-0.4, -0.2) is 69.5 Å². The van der Waals surface area contributed by atoms with Crippen molar-refractivity contribution in [3.8, 4) is 5.75 Å². The quantitative estimate of drug-likeness (QED) is 0.212. The van der Waals surface area contributed by atoms with E-state index in [1.807, 2.05) is 30.3 Å². The minimum absolute atomic E-state index is 0.0879. The fourth-order valence-electron chi connectivity index (χ4n) is 3.19. The van der Waals surface area contributed by atoms with E-state index in [9.17, 15) is 26.4 Å². The van der Waals surface area contributed by atoms with Crippen molar-refractivity contribution in [2.24, 2.45) is 0 Å². The third-order valence-electron chi connectivity index (χ3n) is 4.90. The van der Waals surface area contributed by atoms with Gasteiger partial charge in [0, 0.05) is 12.8 Å². The number of carbonyl (C=O) groups excluding carboxylic acids is 1. The van der Waals surface area contributed by atoms with Gasteiger partial charge in [0.2, 0.25) is 0 Å². The second kappa shape index (κ2) is 13.0. The van der Waals surface area contributed by atoms with Crippen LogP contribution in [0.15, 0.2) is 59.5 Å². The van der Waals surface area contributed by atoms with Crippen LogP contribution in [0, 0.1) is 0 Å². The molecule has 0 aromatic heterocycles. The van der Waals surface area contributed by atoms with Gasteiger partial charge in [-0.15, -0.1) is 0 Å². The first-order chi connectivity index (χ1) is 16.8. The van der Waals surface area contributed by atoms with Crippen LogP contribution in [0.1, 0.15) is 18.4 Å². The second-order valence-corrected chi connectivity index (χ2v) is 11.8. The zero-order valence-electron chi connectivity index (χ0n) is 19.5. The van der Waals surface area contributed by atoms with Crippen molar-refractivity contribution >= 4 is 42.9 Å². The molecular formula is C22H27ClN2O9S2. The maximum absolute atomic E-state index is 11.5. The average Bonchev–Trinajstić information content (AvgIpc) is 2.79.